The van der Waals surface area contributed by atoms with E-state index in [-0.39, 0.29) is 0 Å². The molecule has 0 N–H and O–H groups in total. The Balaban J connectivity index is 0.000000409. The summed E-state index contributed by atoms with van der Waals surface area (Å²) >= 11 is 0. The van der Waals surface area contributed by atoms with Crippen LogP contribution in [-0.4, -0.2) is 4.57 Å². The van der Waals surface area contributed by atoms with Gasteiger partial charge in [-0.3, -0.25) is 0 Å². The number of aryl methyl sites for hydroxylation is 3. The van der Waals surface area contributed by atoms with Crippen molar-refractivity contribution < 1.29 is 0 Å². The monoisotopic (exact) mass is 825 g/mol. The third-order valence-corrected chi connectivity index (χ3v) is 11.5. The topological polar surface area (TPSA) is 8.17 Å². The second-order valence-electron chi connectivity index (χ2n) is 15.4. The van der Waals surface area contributed by atoms with Crippen molar-refractivity contribution in [3.63, 3.8) is 0 Å². The summed E-state index contributed by atoms with van der Waals surface area (Å²) in [6, 6.07) is 59.3. The van der Waals surface area contributed by atoms with Gasteiger partial charge in [0.25, 0.3) is 0 Å². The molecule has 1 heterocycles. The van der Waals surface area contributed by atoms with E-state index in [0.29, 0.717) is 0 Å². The molecule has 0 saturated carbocycles. The second-order valence-corrected chi connectivity index (χ2v) is 15.4. The molecule has 2 nitrogen and oxygen atoms in total. The first-order valence-corrected chi connectivity index (χ1v) is 22.8. The molecule has 8 aromatic rings. The minimum atomic E-state index is 1.08. The van der Waals surface area contributed by atoms with Crippen LogP contribution in [0.3, 0.4) is 0 Å². The number of rotatable bonds is 9. The van der Waals surface area contributed by atoms with Gasteiger partial charge >= 0.3 is 0 Å². The highest BCUT2D eigenvalue weighted by atomic mass is 15.1. The normalized spacial score (nSPS) is 11.8. The van der Waals surface area contributed by atoms with Gasteiger partial charge in [-0.15, -0.1) is 6.58 Å². The van der Waals surface area contributed by atoms with Gasteiger partial charge in [-0.2, -0.15) is 0 Å². The Morgan fingerprint density at radius 2 is 1.13 bits per heavy atom. The van der Waals surface area contributed by atoms with Crippen molar-refractivity contribution in [3.05, 3.63) is 223 Å². The molecule has 0 fully saturated rings. The molecule has 9 rings (SSSR count). The Morgan fingerprint density at radius 3 is 1.63 bits per heavy atom. The predicted molar refractivity (Wildman–Crippen MR) is 279 cm³/mol. The van der Waals surface area contributed by atoms with Crippen LogP contribution in [0.1, 0.15) is 71.1 Å². The maximum absolute atomic E-state index is 3.48. The summed E-state index contributed by atoms with van der Waals surface area (Å²) in [5, 5.41) is 2.71. The summed E-state index contributed by atoms with van der Waals surface area (Å²) in [7, 11) is 2.19. The second kappa shape index (κ2) is 22.8. The fourth-order valence-corrected chi connectivity index (χ4v) is 8.12. The van der Waals surface area contributed by atoms with E-state index in [4.69, 9.17) is 0 Å². The maximum atomic E-state index is 3.48. The summed E-state index contributed by atoms with van der Waals surface area (Å²) in [5.74, 6) is 0. The molecule has 0 atom stereocenters. The molecule has 0 bridgehead atoms. The molecule has 0 aliphatic heterocycles. The third-order valence-electron chi connectivity index (χ3n) is 11.5. The molecule has 0 amide bonds. The molecule has 7 aromatic carbocycles. The van der Waals surface area contributed by atoms with Crippen molar-refractivity contribution in [1.82, 2.24) is 4.57 Å². The highest BCUT2D eigenvalue weighted by Gasteiger charge is 2.17. The van der Waals surface area contributed by atoms with Gasteiger partial charge in [-0.25, -0.2) is 0 Å². The number of fused-ring (bicyclic) bond motifs is 5. The van der Waals surface area contributed by atoms with Gasteiger partial charge in [-0.05, 0) is 132 Å². The molecule has 63 heavy (non-hydrogen) atoms. The number of anilines is 2. The van der Waals surface area contributed by atoms with E-state index in [1.807, 2.05) is 26.0 Å². The zero-order chi connectivity index (χ0) is 44.6. The number of allylic oxidation sites excluding steroid dienone is 5. The van der Waals surface area contributed by atoms with Crippen molar-refractivity contribution in [3.8, 4) is 33.4 Å². The molecule has 0 saturated heterocycles. The molecular formula is C61H64N2. The van der Waals surface area contributed by atoms with Gasteiger partial charge in [0, 0.05) is 45.9 Å². The highest BCUT2D eigenvalue weighted by Crippen LogP contribution is 2.38. The smallest absolute Gasteiger partial charge is 0.0495 e. The summed E-state index contributed by atoms with van der Waals surface area (Å²) in [6.45, 7) is 15.9. The highest BCUT2D eigenvalue weighted by molar-refractivity contribution is 6.13. The van der Waals surface area contributed by atoms with E-state index in [1.165, 1.54) is 71.9 Å². The zero-order valence-electron chi connectivity index (χ0n) is 38.5. The number of hydrogen-bond donors (Lipinski definition) is 0. The minimum absolute atomic E-state index is 1.08. The van der Waals surface area contributed by atoms with Crippen molar-refractivity contribution >= 4 is 39.3 Å². The first-order valence-electron chi connectivity index (χ1n) is 22.8. The molecule has 1 aromatic heterocycles. The number of benzene rings is 7. The molecule has 1 aliphatic rings. The quantitative estimate of drug-likeness (QED) is 0.104. The first kappa shape index (κ1) is 45.6. The SMILES string of the molecule is C/C=C\C(=C/C)N(c1ccc(-c2ccccc2)cc1)c1ccc(-c2ccc(-c3ccc4c5c6c(ccc5n(C)c4c3)CCC=C6)cc2)cc1.C=CCC.CC.CCc1ccccc1. The lowest BCUT2D eigenvalue weighted by Crippen LogP contribution is -2.15. The Hall–Kier alpha value is -6.90. The van der Waals surface area contributed by atoms with Crippen LogP contribution in [0.5, 0.6) is 0 Å². The fourth-order valence-electron chi connectivity index (χ4n) is 8.12. The van der Waals surface area contributed by atoms with E-state index >= 15 is 0 Å². The van der Waals surface area contributed by atoms with Crippen molar-refractivity contribution in [2.75, 3.05) is 4.90 Å². The van der Waals surface area contributed by atoms with Crippen LogP contribution in [0.15, 0.2) is 206 Å². The largest absolute Gasteiger partial charge is 0.344 e. The Bertz CT molecular complexity index is 2760. The molecular weight excluding hydrogens is 761 g/mol. The summed E-state index contributed by atoms with van der Waals surface area (Å²) in [5.41, 5.74) is 17.5. The Kier molecular flexibility index (Phi) is 16.5. The van der Waals surface area contributed by atoms with E-state index in [0.717, 1.165) is 42.8 Å². The van der Waals surface area contributed by atoms with E-state index in [1.54, 1.807) is 0 Å². The van der Waals surface area contributed by atoms with Crippen LogP contribution in [0.2, 0.25) is 0 Å². The average Bonchev–Trinajstić information content (AvgIpc) is 3.66. The van der Waals surface area contributed by atoms with Crippen LogP contribution in [0.4, 0.5) is 11.4 Å². The molecule has 0 radical (unpaired) electrons. The standard InChI is InChI=1S/C47H40N2.C8H10.C4H8.C2H6/c1-4-11-40(5-2)49(41-26-20-35(21-27-41)33-12-7-6-8-13-33)42-28-22-36(23-29-42)34-16-18-37(19-17-34)39-24-30-44-46(32-39)48(3)45-31-25-38-14-9-10-15-43(38)47(44)45;1-2-8-6-4-3-5-7-8;1-3-4-2;1-2/h4-8,10-13,15-32H,9,14H2,1-3H3;3-7H,2H2,1H3;3H,1,4H2,2H3;1-2H3/b11-4-,40-5+;;;. The number of hydrogen-bond acceptors (Lipinski definition) is 1. The zero-order valence-corrected chi connectivity index (χ0v) is 38.5. The lowest BCUT2D eigenvalue weighted by Gasteiger charge is -2.27. The van der Waals surface area contributed by atoms with Crippen LogP contribution in [-0.2, 0) is 19.9 Å². The average molecular weight is 825 g/mol. The van der Waals surface area contributed by atoms with E-state index in [2.05, 4.69) is 239 Å². The van der Waals surface area contributed by atoms with E-state index in [9.17, 15) is 0 Å². The van der Waals surface area contributed by atoms with Crippen molar-refractivity contribution in [2.24, 2.45) is 7.05 Å². The third kappa shape index (κ3) is 10.8. The Labute approximate surface area is 377 Å². The number of nitrogens with zero attached hydrogens (tertiary/aromatic N) is 2. The summed E-state index contributed by atoms with van der Waals surface area (Å²) < 4.78 is 2.35. The molecule has 318 valence electrons. The van der Waals surface area contributed by atoms with Gasteiger partial charge in [0.2, 0.25) is 0 Å². The predicted octanol–water partition coefficient (Wildman–Crippen LogP) is 17.8. The fraction of sp³-hybridized carbons (Fsp3) is 0.180. The number of aromatic nitrogens is 1. The lowest BCUT2D eigenvalue weighted by molar-refractivity contribution is 0.984. The summed E-state index contributed by atoms with van der Waals surface area (Å²) in [4.78, 5) is 2.32. The Morgan fingerprint density at radius 1 is 0.619 bits per heavy atom. The van der Waals surface area contributed by atoms with Crippen LogP contribution in [0.25, 0.3) is 61.3 Å². The first-order chi connectivity index (χ1) is 31.0. The van der Waals surface area contributed by atoms with Crippen LogP contribution >= 0.6 is 0 Å². The van der Waals surface area contributed by atoms with Crippen molar-refractivity contribution in [1.29, 1.82) is 0 Å². The summed E-state index contributed by atoms with van der Waals surface area (Å²) in [6.07, 6.45) is 17.4. The molecule has 0 spiro atoms. The van der Waals surface area contributed by atoms with Gasteiger partial charge < -0.3 is 9.47 Å². The van der Waals surface area contributed by atoms with E-state index < -0.39 is 0 Å². The van der Waals surface area contributed by atoms with Gasteiger partial charge in [-0.1, -0.05) is 185 Å². The van der Waals surface area contributed by atoms with Crippen molar-refractivity contribution in [2.45, 2.75) is 67.2 Å². The molecule has 0 unspecified atom stereocenters. The van der Waals surface area contributed by atoms with Gasteiger partial charge in [0.05, 0.1) is 0 Å². The van der Waals surface area contributed by atoms with Crippen LogP contribution < -0.4 is 4.90 Å². The van der Waals surface area contributed by atoms with Gasteiger partial charge in [0.1, 0.15) is 0 Å². The molecule has 1 aliphatic carbocycles. The van der Waals surface area contributed by atoms with Crippen LogP contribution in [0, 0.1) is 0 Å². The maximum Gasteiger partial charge on any atom is 0.0495 e. The molecule has 2 heteroatoms. The van der Waals surface area contributed by atoms with Gasteiger partial charge in [0.15, 0.2) is 0 Å². The lowest BCUT2D eigenvalue weighted by atomic mass is 9.93. The minimum Gasteiger partial charge on any atom is -0.344 e.